The van der Waals surface area contributed by atoms with Crippen molar-refractivity contribution in [3.05, 3.63) is 29.8 Å². The molecular weight excluding hydrogens is 240 g/mol. The molecule has 0 aromatic heterocycles. The van der Waals surface area contributed by atoms with E-state index in [4.69, 9.17) is 4.74 Å². The third kappa shape index (κ3) is 4.91. The number of nitrogens with zero attached hydrogens (tertiary/aromatic N) is 1. The highest BCUT2D eigenvalue weighted by molar-refractivity contribution is 5.75. The second-order valence-corrected chi connectivity index (χ2v) is 4.73. The average Bonchev–Trinajstić information content (AvgIpc) is 2.43. The highest BCUT2D eigenvalue weighted by atomic mass is 16.5. The first-order chi connectivity index (χ1) is 9.08. The molecule has 1 aromatic carbocycles. The summed E-state index contributed by atoms with van der Waals surface area (Å²) in [6, 6.07) is 8.33. The maximum atomic E-state index is 11.5. The lowest BCUT2D eigenvalue weighted by Crippen LogP contribution is -2.28. The van der Waals surface area contributed by atoms with Crippen molar-refractivity contribution in [3.63, 3.8) is 0 Å². The molecular formula is C15H24N2O2. The minimum atomic E-state index is 0.150. The van der Waals surface area contributed by atoms with Gasteiger partial charge in [-0.25, -0.2) is 0 Å². The van der Waals surface area contributed by atoms with Crippen molar-refractivity contribution in [1.29, 1.82) is 0 Å². The van der Waals surface area contributed by atoms with Gasteiger partial charge in [0.25, 0.3) is 0 Å². The first-order valence-electron chi connectivity index (χ1n) is 6.66. The molecule has 1 atom stereocenters. The lowest BCUT2D eigenvalue weighted by molar-refractivity contribution is -0.128. The van der Waals surface area contributed by atoms with Crippen LogP contribution in [0, 0.1) is 0 Å². The SMILES string of the molecule is CCC(NCCC(=O)N(C)C)c1ccc(OC)cc1. The number of carbonyl (C=O) groups excluding carboxylic acids is 1. The molecule has 0 spiro atoms. The Morgan fingerprint density at radius 1 is 1.32 bits per heavy atom. The highest BCUT2D eigenvalue weighted by Crippen LogP contribution is 2.19. The number of ether oxygens (including phenoxy) is 1. The Labute approximate surface area is 115 Å². The molecule has 0 saturated carbocycles. The molecule has 1 aromatic rings. The van der Waals surface area contributed by atoms with Crippen LogP contribution in [-0.4, -0.2) is 38.6 Å². The number of rotatable bonds is 7. The summed E-state index contributed by atoms with van der Waals surface area (Å²) >= 11 is 0. The Morgan fingerprint density at radius 2 is 1.95 bits per heavy atom. The predicted molar refractivity (Wildman–Crippen MR) is 77.3 cm³/mol. The van der Waals surface area contributed by atoms with Crippen LogP contribution in [0.4, 0.5) is 0 Å². The quantitative estimate of drug-likeness (QED) is 0.821. The van der Waals surface area contributed by atoms with Gasteiger partial charge in [-0.15, -0.1) is 0 Å². The summed E-state index contributed by atoms with van der Waals surface area (Å²) in [5.41, 5.74) is 1.22. The van der Waals surface area contributed by atoms with Crippen LogP contribution in [0.2, 0.25) is 0 Å². The largest absolute Gasteiger partial charge is 0.497 e. The second kappa shape index (κ2) is 7.79. The van der Waals surface area contributed by atoms with Gasteiger partial charge in [-0.3, -0.25) is 4.79 Å². The highest BCUT2D eigenvalue weighted by Gasteiger charge is 2.10. The Morgan fingerprint density at radius 3 is 2.42 bits per heavy atom. The number of hydrogen-bond acceptors (Lipinski definition) is 3. The van der Waals surface area contributed by atoms with Crippen LogP contribution in [0.25, 0.3) is 0 Å². The molecule has 0 aliphatic rings. The van der Waals surface area contributed by atoms with Crippen LogP contribution in [0.5, 0.6) is 5.75 Å². The fourth-order valence-corrected chi connectivity index (χ4v) is 1.91. The molecule has 1 amide bonds. The molecule has 4 nitrogen and oxygen atoms in total. The van der Waals surface area contributed by atoms with Gasteiger partial charge in [0, 0.05) is 33.1 Å². The summed E-state index contributed by atoms with van der Waals surface area (Å²) < 4.78 is 5.15. The van der Waals surface area contributed by atoms with Gasteiger partial charge in [-0.2, -0.15) is 0 Å². The lowest BCUT2D eigenvalue weighted by atomic mass is 10.0. The molecule has 1 unspecified atom stereocenters. The van der Waals surface area contributed by atoms with E-state index in [0.29, 0.717) is 13.0 Å². The Hall–Kier alpha value is -1.55. The fraction of sp³-hybridized carbons (Fsp3) is 0.533. The second-order valence-electron chi connectivity index (χ2n) is 4.73. The third-order valence-electron chi connectivity index (χ3n) is 3.15. The van der Waals surface area contributed by atoms with Gasteiger partial charge < -0.3 is 15.0 Å². The average molecular weight is 264 g/mol. The maximum absolute atomic E-state index is 11.5. The normalized spacial score (nSPS) is 12.0. The van der Waals surface area contributed by atoms with E-state index in [2.05, 4.69) is 24.4 Å². The lowest BCUT2D eigenvalue weighted by Gasteiger charge is -2.18. The zero-order chi connectivity index (χ0) is 14.3. The van der Waals surface area contributed by atoms with Crippen molar-refractivity contribution >= 4 is 5.91 Å². The molecule has 106 valence electrons. The van der Waals surface area contributed by atoms with Crippen molar-refractivity contribution in [3.8, 4) is 5.75 Å². The summed E-state index contributed by atoms with van der Waals surface area (Å²) in [6.07, 6.45) is 1.52. The molecule has 0 fully saturated rings. The van der Waals surface area contributed by atoms with Crippen molar-refractivity contribution in [2.24, 2.45) is 0 Å². The van der Waals surface area contributed by atoms with Gasteiger partial charge in [-0.1, -0.05) is 19.1 Å². The molecule has 19 heavy (non-hydrogen) atoms. The van der Waals surface area contributed by atoms with Crippen LogP contribution in [0.1, 0.15) is 31.4 Å². The fourth-order valence-electron chi connectivity index (χ4n) is 1.91. The summed E-state index contributed by atoms with van der Waals surface area (Å²) in [7, 11) is 5.23. The van der Waals surface area contributed by atoms with E-state index >= 15 is 0 Å². The molecule has 0 bridgehead atoms. The molecule has 4 heteroatoms. The monoisotopic (exact) mass is 264 g/mol. The van der Waals surface area contributed by atoms with E-state index in [-0.39, 0.29) is 11.9 Å². The van der Waals surface area contributed by atoms with Gasteiger partial charge >= 0.3 is 0 Å². The van der Waals surface area contributed by atoms with Crippen molar-refractivity contribution < 1.29 is 9.53 Å². The number of carbonyl (C=O) groups is 1. The first kappa shape index (κ1) is 15.5. The van der Waals surface area contributed by atoms with Crippen molar-refractivity contribution in [2.45, 2.75) is 25.8 Å². The number of benzene rings is 1. The summed E-state index contributed by atoms with van der Waals surface area (Å²) in [4.78, 5) is 13.1. The Kier molecular flexibility index (Phi) is 6.36. The van der Waals surface area contributed by atoms with Crippen LogP contribution in [0.3, 0.4) is 0 Å². The molecule has 1 N–H and O–H groups in total. The zero-order valence-electron chi connectivity index (χ0n) is 12.3. The van der Waals surface area contributed by atoms with Crippen LogP contribution in [-0.2, 0) is 4.79 Å². The van der Waals surface area contributed by atoms with E-state index in [1.165, 1.54) is 5.56 Å². The number of hydrogen-bond donors (Lipinski definition) is 1. The predicted octanol–water partition coefficient (Wildman–Crippen LogP) is 2.21. The standard InChI is InChI=1S/C15H24N2O2/c1-5-14(16-11-10-15(18)17(2)3)12-6-8-13(19-4)9-7-12/h6-9,14,16H,5,10-11H2,1-4H3. The summed E-state index contributed by atoms with van der Waals surface area (Å²) in [5, 5.41) is 3.42. The molecule has 0 saturated heterocycles. The first-order valence-corrected chi connectivity index (χ1v) is 6.66. The number of methoxy groups -OCH3 is 1. The smallest absolute Gasteiger partial charge is 0.223 e. The van der Waals surface area contributed by atoms with E-state index in [9.17, 15) is 4.79 Å². The van der Waals surface area contributed by atoms with Gasteiger partial charge in [0.1, 0.15) is 5.75 Å². The molecule has 0 radical (unpaired) electrons. The Balaban J connectivity index is 2.50. The van der Waals surface area contributed by atoms with E-state index in [1.54, 1.807) is 26.1 Å². The van der Waals surface area contributed by atoms with Crippen molar-refractivity contribution in [2.75, 3.05) is 27.7 Å². The minimum absolute atomic E-state index is 0.150. The number of amides is 1. The number of nitrogens with one attached hydrogen (secondary N) is 1. The van der Waals surface area contributed by atoms with E-state index in [1.807, 2.05) is 12.1 Å². The summed E-state index contributed by atoms with van der Waals surface area (Å²) in [6.45, 7) is 2.83. The maximum Gasteiger partial charge on any atom is 0.223 e. The molecule has 0 heterocycles. The molecule has 0 aliphatic heterocycles. The van der Waals surface area contributed by atoms with Crippen molar-refractivity contribution in [1.82, 2.24) is 10.2 Å². The minimum Gasteiger partial charge on any atom is -0.497 e. The molecule has 0 aliphatic carbocycles. The van der Waals surface area contributed by atoms with E-state index in [0.717, 1.165) is 12.2 Å². The Bertz CT molecular complexity index is 388. The van der Waals surface area contributed by atoms with Gasteiger partial charge in [0.05, 0.1) is 7.11 Å². The molecule has 1 rings (SSSR count). The van der Waals surface area contributed by atoms with E-state index < -0.39 is 0 Å². The van der Waals surface area contributed by atoms with Gasteiger partial charge in [-0.05, 0) is 24.1 Å². The van der Waals surface area contributed by atoms with Crippen LogP contribution in [0.15, 0.2) is 24.3 Å². The van der Waals surface area contributed by atoms with Gasteiger partial charge in [0.2, 0.25) is 5.91 Å². The topological polar surface area (TPSA) is 41.6 Å². The summed E-state index contributed by atoms with van der Waals surface area (Å²) in [5.74, 6) is 1.01. The zero-order valence-corrected chi connectivity index (χ0v) is 12.3. The van der Waals surface area contributed by atoms with Gasteiger partial charge in [0.15, 0.2) is 0 Å². The third-order valence-corrected chi connectivity index (χ3v) is 3.15. The van der Waals surface area contributed by atoms with Crippen LogP contribution < -0.4 is 10.1 Å². The van der Waals surface area contributed by atoms with Crippen LogP contribution >= 0.6 is 0 Å².